The molecule has 1 aromatic rings. The predicted molar refractivity (Wildman–Crippen MR) is 75.2 cm³/mol. The smallest absolute Gasteiger partial charge is 0.104 e. The highest BCUT2D eigenvalue weighted by atomic mass is 79.9. The van der Waals surface area contributed by atoms with Crippen LogP contribution < -0.4 is 10.6 Å². The van der Waals surface area contributed by atoms with E-state index in [2.05, 4.69) is 46.1 Å². The highest BCUT2D eigenvalue weighted by Gasteiger charge is 2.33. The van der Waals surface area contributed by atoms with E-state index in [1.54, 1.807) is 11.3 Å². The van der Waals surface area contributed by atoms with Gasteiger partial charge in [0.1, 0.15) is 5.54 Å². The van der Waals surface area contributed by atoms with Crippen LogP contribution in [0.4, 0.5) is 5.00 Å². The lowest BCUT2D eigenvalue weighted by molar-refractivity contribution is 0.328. The summed E-state index contributed by atoms with van der Waals surface area (Å²) in [6.45, 7) is 0. The van der Waals surface area contributed by atoms with Gasteiger partial charge < -0.3 is 10.6 Å². The molecule has 0 saturated heterocycles. The third-order valence-electron chi connectivity index (χ3n) is 3.52. The summed E-state index contributed by atoms with van der Waals surface area (Å²) >= 11 is 5.22. The van der Waals surface area contributed by atoms with E-state index in [-0.39, 0.29) is 0 Å². The second kappa shape index (κ2) is 4.97. The Morgan fingerprint density at radius 1 is 1.53 bits per heavy atom. The molecule has 17 heavy (non-hydrogen) atoms. The van der Waals surface area contributed by atoms with E-state index < -0.39 is 5.54 Å². The third kappa shape index (κ3) is 2.82. The quantitative estimate of drug-likeness (QED) is 0.912. The summed E-state index contributed by atoms with van der Waals surface area (Å²) in [4.78, 5) is 2.31. The zero-order chi connectivity index (χ0) is 12.5. The maximum absolute atomic E-state index is 9.00. The van der Waals surface area contributed by atoms with Crippen molar-refractivity contribution in [2.45, 2.75) is 37.3 Å². The molecule has 1 fully saturated rings. The molecular weight excluding hydrogens is 298 g/mol. The van der Waals surface area contributed by atoms with Gasteiger partial charge in [-0.2, -0.15) is 5.26 Å². The van der Waals surface area contributed by atoms with Crippen LogP contribution in [-0.2, 0) is 0 Å². The summed E-state index contributed by atoms with van der Waals surface area (Å²) in [5.41, 5.74) is 5.39. The number of nitrogens with zero attached hydrogens (tertiary/aromatic N) is 2. The van der Waals surface area contributed by atoms with Crippen molar-refractivity contribution < 1.29 is 0 Å². The van der Waals surface area contributed by atoms with Crippen LogP contribution in [0.25, 0.3) is 0 Å². The van der Waals surface area contributed by atoms with Crippen LogP contribution in [0.1, 0.15) is 25.7 Å². The van der Waals surface area contributed by atoms with Gasteiger partial charge in [0.25, 0.3) is 0 Å². The molecule has 92 valence electrons. The zero-order valence-electron chi connectivity index (χ0n) is 9.82. The van der Waals surface area contributed by atoms with Crippen LogP contribution >= 0.6 is 27.3 Å². The molecule has 0 spiro atoms. The Kier molecular flexibility index (Phi) is 3.76. The van der Waals surface area contributed by atoms with E-state index in [1.807, 2.05) is 0 Å². The number of rotatable bonds is 2. The fourth-order valence-electron chi connectivity index (χ4n) is 2.29. The Labute approximate surface area is 114 Å². The first-order valence-corrected chi connectivity index (χ1v) is 7.33. The normalized spacial score (nSPS) is 28.7. The van der Waals surface area contributed by atoms with E-state index in [0.717, 1.165) is 29.5 Å². The van der Waals surface area contributed by atoms with Crippen molar-refractivity contribution in [2.75, 3.05) is 11.9 Å². The first kappa shape index (κ1) is 12.9. The molecule has 1 aliphatic rings. The molecule has 3 nitrogen and oxygen atoms in total. The Morgan fingerprint density at radius 3 is 2.65 bits per heavy atom. The molecule has 0 amide bonds. The maximum Gasteiger partial charge on any atom is 0.104 e. The third-order valence-corrected chi connectivity index (χ3v) is 5.24. The van der Waals surface area contributed by atoms with E-state index in [9.17, 15) is 0 Å². The van der Waals surface area contributed by atoms with Crippen LogP contribution in [0.3, 0.4) is 0 Å². The van der Waals surface area contributed by atoms with Gasteiger partial charge in [0.15, 0.2) is 0 Å². The molecule has 0 radical (unpaired) electrons. The summed E-state index contributed by atoms with van der Waals surface area (Å²) in [5.74, 6) is 0. The summed E-state index contributed by atoms with van der Waals surface area (Å²) in [7, 11) is 2.12. The predicted octanol–water partition coefficient (Wildman–Crippen LogP) is 3.11. The molecule has 0 unspecified atom stereocenters. The van der Waals surface area contributed by atoms with E-state index in [0.29, 0.717) is 6.04 Å². The van der Waals surface area contributed by atoms with E-state index in [1.165, 1.54) is 5.00 Å². The van der Waals surface area contributed by atoms with Crippen molar-refractivity contribution >= 4 is 32.3 Å². The highest BCUT2D eigenvalue weighted by Crippen LogP contribution is 2.35. The van der Waals surface area contributed by atoms with Gasteiger partial charge in [-0.1, -0.05) is 0 Å². The summed E-state index contributed by atoms with van der Waals surface area (Å²) in [5, 5.41) is 10.3. The Bertz CT molecular complexity index is 429. The minimum atomic E-state index is -0.590. The van der Waals surface area contributed by atoms with Crippen molar-refractivity contribution in [1.82, 2.24) is 0 Å². The van der Waals surface area contributed by atoms with Crippen LogP contribution in [0.15, 0.2) is 15.9 Å². The van der Waals surface area contributed by atoms with Crippen molar-refractivity contribution in [3.05, 3.63) is 15.9 Å². The molecule has 1 aliphatic carbocycles. The fraction of sp³-hybridized carbons (Fsp3) is 0.583. The summed E-state index contributed by atoms with van der Waals surface area (Å²) < 4.78 is 1.15. The summed E-state index contributed by atoms with van der Waals surface area (Å²) in [6, 6.07) is 6.94. The van der Waals surface area contributed by atoms with Gasteiger partial charge >= 0.3 is 0 Å². The fourth-order valence-corrected chi connectivity index (χ4v) is 3.69. The highest BCUT2D eigenvalue weighted by molar-refractivity contribution is 9.11. The Morgan fingerprint density at radius 2 is 2.18 bits per heavy atom. The molecule has 0 atom stereocenters. The number of anilines is 1. The SMILES string of the molecule is CN(c1ccc(Br)s1)C1CCC(N)(C#N)CC1. The molecule has 5 heteroatoms. The second-order valence-corrected chi connectivity index (χ2v) is 7.13. The number of nitriles is 1. The van der Waals surface area contributed by atoms with E-state index in [4.69, 9.17) is 11.0 Å². The van der Waals surface area contributed by atoms with Crippen molar-refractivity contribution in [1.29, 1.82) is 5.26 Å². The Hall–Kier alpha value is -0.570. The lowest BCUT2D eigenvalue weighted by atomic mass is 9.81. The van der Waals surface area contributed by atoms with Gasteiger partial charge in [0, 0.05) is 13.1 Å². The average Bonchev–Trinajstić information content (AvgIpc) is 2.76. The van der Waals surface area contributed by atoms with Gasteiger partial charge in [-0.05, 0) is 53.7 Å². The molecular formula is C12H16BrN3S. The van der Waals surface area contributed by atoms with Crippen LogP contribution in [0.2, 0.25) is 0 Å². The summed E-state index contributed by atoms with van der Waals surface area (Å²) in [6.07, 6.45) is 3.59. The first-order valence-electron chi connectivity index (χ1n) is 5.72. The van der Waals surface area contributed by atoms with Crippen LogP contribution in [0.5, 0.6) is 0 Å². The number of hydrogen-bond donors (Lipinski definition) is 1. The largest absolute Gasteiger partial charge is 0.363 e. The van der Waals surface area contributed by atoms with Gasteiger partial charge in [-0.15, -0.1) is 11.3 Å². The molecule has 1 heterocycles. The van der Waals surface area contributed by atoms with Gasteiger partial charge in [-0.3, -0.25) is 0 Å². The number of halogens is 1. The minimum absolute atomic E-state index is 0.505. The van der Waals surface area contributed by atoms with Crippen molar-refractivity contribution in [3.63, 3.8) is 0 Å². The number of nitrogens with two attached hydrogens (primary N) is 1. The van der Waals surface area contributed by atoms with Crippen LogP contribution in [-0.4, -0.2) is 18.6 Å². The molecule has 2 rings (SSSR count). The zero-order valence-corrected chi connectivity index (χ0v) is 12.2. The number of thiophene rings is 1. The van der Waals surface area contributed by atoms with Crippen molar-refractivity contribution in [2.24, 2.45) is 5.73 Å². The molecule has 0 aliphatic heterocycles. The van der Waals surface area contributed by atoms with Crippen molar-refractivity contribution in [3.8, 4) is 6.07 Å². The Balaban J connectivity index is 2.00. The average molecular weight is 314 g/mol. The second-order valence-electron chi connectivity index (χ2n) is 4.69. The lowest BCUT2D eigenvalue weighted by Gasteiger charge is -2.37. The van der Waals surface area contributed by atoms with Gasteiger partial charge in [0.05, 0.1) is 14.9 Å². The van der Waals surface area contributed by atoms with Gasteiger partial charge in [-0.25, -0.2) is 0 Å². The standard InChI is InChI=1S/C12H16BrN3S/c1-16(11-3-2-10(13)17-11)9-4-6-12(15,8-14)7-5-9/h2-3,9H,4-7,15H2,1H3. The lowest BCUT2D eigenvalue weighted by Crippen LogP contribution is -2.46. The van der Waals surface area contributed by atoms with Crippen LogP contribution in [0, 0.1) is 11.3 Å². The minimum Gasteiger partial charge on any atom is -0.363 e. The molecule has 0 aromatic carbocycles. The van der Waals surface area contributed by atoms with E-state index >= 15 is 0 Å². The topological polar surface area (TPSA) is 53.0 Å². The molecule has 1 aromatic heterocycles. The molecule has 1 saturated carbocycles. The first-order chi connectivity index (χ1) is 8.04. The monoisotopic (exact) mass is 313 g/mol. The number of hydrogen-bond acceptors (Lipinski definition) is 4. The molecule has 2 N–H and O–H groups in total. The molecule has 0 bridgehead atoms. The van der Waals surface area contributed by atoms with Gasteiger partial charge in [0.2, 0.25) is 0 Å². The maximum atomic E-state index is 9.00.